The van der Waals surface area contributed by atoms with Crippen LogP contribution in [0.3, 0.4) is 0 Å². The number of nitrogens with one attached hydrogen (secondary N) is 1. The van der Waals surface area contributed by atoms with Crippen LogP contribution in [0.4, 0.5) is 0 Å². The Morgan fingerprint density at radius 2 is 1.94 bits per heavy atom. The summed E-state index contributed by atoms with van der Waals surface area (Å²) in [5.41, 5.74) is 1.07. The molecule has 0 bridgehead atoms. The predicted molar refractivity (Wildman–Crippen MR) is 71.0 cm³/mol. The van der Waals surface area contributed by atoms with Gasteiger partial charge in [-0.15, -0.1) is 0 Å². The van der Waals surface area contributed by atoms with Crippen LogP contribution < -0.4 is 4.72 Å². The molecule has 6 heteroatoms. The second-order valence-electron chi connectivity index (χ2n) is 4.13. The van der Waals surface area contributed by atoms with Crippen molar-refractivity contribution in [2.24, 2.45) is 0 Å². The zero-order valence-electron chi connectivity index (χ0n) is 9.71. The van der Waals surface area contributed by atoms with Crippen LogP contribution in [0.15, 0.2) is 29.2 Å². The average molecular weight is 383 g/mol. The molecule has 2 atom stereocenters. The Hall–Kier alpha value is 0.169. The molecule has 1 aromatic rings. The molecule has 0 spiro atoms. The predicted octanol–water partition coefficient (Wildman–Crippen LogP) is 1.21. The van der Waals surface area contributed by atoms with Crippen molar-refractivity contribution in [1.29, 1.82) is 0 Å². The van der Waals surface area contributed by atoms with Gasteiger partial charge in [0, 0.05) is 0 Å². The number of hydrogen-bond donors (Lipinski definition) is 1. The van der Waals surface area contributed by atoms with Gasteiger partial charge in [-0.1, -0.05) is 0 Å². The molecule has 1 heterocycles. The molecule has 0 aliphatic carbocycles. The number of sulfonamides is 1. The SMILES string of the molecule is Cc1ccc(S(=O)(=O)N[C@H]2C[Se][Se][C@H]2C)cc1. The molecule has 1 saturated heterocycles. The Morgan fingerprint density at radius 3 is 2.47 bits per heavy atom. The molecule has 1 aliphatic heterocycles. The Bertz CT molecular complexity index is 487. The van der Waals surface area contributed by atoms with Crippen molar-refractivity contribution in [3.8, 4) is 0 Å². The Balaban J connectivity index is 2.16. The van der Waals surface area contributed by atoms with Gasteiger partial charge >= 0.3 is 114 Å². The molecular weight excluding hydrogens is 368 g/mol. The molecule has 1 fully saturated rings. The average Bonchev–Trinajstić information content (AvgIpc) is 2.64. The van der Waals surface area contributed by atoms with Gasteiger partial charge in [0.05, 0.1) is 0 Å². The van der Waals surface area contributed by atoms with Crippen molar-refractivity contribution in [2.75, 3.05) is 0 Å². The number of benzene rings is 1. The Labute approximate surface area is 114 Å². The van der Waals surface area contributed by atoms with Crippen molar-refractivity contribution < 1.29 is 8.42 Å². The fraction of sp³-hybridized carbons (Fsp3) is 0.455. The standard InChI is InChI=1S/C11H15NO2SSe2/c1-8-3-5-10(6-4-8)15(13,14)12-11-7-16-17-9(11)2/h3-6,9,11-12H,7H2,1-2H3/t9-,11-/m0/s1. The van der Waals surface area contributed by atoms with E-state index < -0.39 is 10.0 Å². The minimum absolute atomic E-state index is 0.154. The normalized spacial score (nSPS) is 25.1. The van der Waals surface area contributed by atoms with Crippen molar-refractivity contribution >= 4 is 36.3 Å². The van der Waals surface area contributed by atoms with E-state index in [4.69, 9.17) is 0 Å². The second kappa shape index (κ2) is 5.43. The van der Waals surface area contributed by atoms with Crippen LogP contribution in [0.25, 0.3) is 0 Å². The first-order chi connectivity index (χ1) is 7.99. The third kappa shape index (κ3) is 3.34. The van der Waals surface area contributed by atoms with E-state index in [0.29, 0.717) is 36.0 Å². The van der Waals surface area contributed by atoms with Gasteiger partial charge in [0.1, 0.15) is 0 Å². The summed E-state index contributed by atoms with van der Waals surface area (Å²) in [6, 6.07) is 7.17. The molecule has 3 nitrogen and oxygen atoms in total. The summed E-state index contributed by atoms with van der Waals surface area (Å²) in [5.74, 6) is 0. The fourth-order valence-corrected chi connectivity index (χ4v) is 12.5. The first kappa shape index (κ1) is 13.6. The maximum absolute atomic E-state index is 12.1. The minimum atomic E-state index is -3.32. The molecular formula is C11H15NO2SSe2. The van der Waals surface area contributed by atoms with E-state index in [1.807, 2.05) is 19.1 Å². The monoisotopic (exact) mass is 385 g/mol. The van der Waals surface area contributed by atoms with Crippen LogP contribution in [0.5, 0.6) is 0 Å². The summed E-state index contributed by atoms with van der Waals surface area (Å²) in [7, 11) is -3.32. The summed E-state index contributed by atoms with van der Waals surface area (Å²) in [6.45, 7) is 4.10. The summed E-state index contributed by atoms with van der Waals surface area (Å²) < 4.78 is 27.1. The second-order valence-corrected chi connectivity index (χ2v) is 13.7. The topological polar surface area (TPSA) is 46.2 Å². The molecule has 0 amide bonds. The van der Waals surface area contributed by atoms with Crippen LogP contribution in [-0.2, 0) is 10.0 Å². The van der Waals surface area contributed by atoms with Crippen molar-refractivity contribution in [1.82, 2.24) is 4.72 Å². The van der Waals surface area contributed by atoms with Gasteiger partial charge in [-0.3, -0.25) is 0 Å². The van der Waals surface area contributed by atoms with E-state index in [-0.39, 0.29) is 6.04 Å². The Kier molecular flexibility index (Phi) is 4.35. The third-order valence-corrected chi connectivity index (χ3v) is 13.1. The van der Waals surface area contributed by atoms with Crippen LogP contribution in [-0.4, -0.2) is 40.7 Å². The molecule has 0 unspecified atom stereocenters. The molecule has 0 aromatic heterocycles. The van der Waals surface area contributed by atoms with E-state index in [1.165, 1.54) is 0 Å². The number of rotatable bonds is 3. The third-order valence-electron chi connectivity index (χ3n) is 2.67. The zero-order chi connectivity index (χ0) is 12.5. The molecule has 1 N–H and O–H groups in total. The summed E-state index contributed by atoms with van der Waals surface area (Å²) in [4.78, 5) is 0.907. The van der Waals surface area contributed by atoms with Gasteiger partial charge in [-0.25, -0.2) is 0 Å². The summed E-state index contributed by atoms with van der Waals surface area (Å²) in [5, 5.41) is 1.04. The molecule has 0 saturated carbocycles. The molecule has 2 rings (SSSR count). The van der Waals surface area contributed by atoms with Gasteiger partial charge in [-0.2, -0.15) is 0 Å². The van der Waals surface area contributed by atoms with E-state index in [0.717, 1.165) is 10.9 Å². The van der Waals surface area contributed by atoms with Gasteiger partial charge in [-0.05, 0) is 0 Å². The van der Waals surface area contributed by atoms with Gasteiger partial charge < -0.3 is 0 Å². The van der Waals surface area contributed by atoms with E-state index in [1.54, 1.807) is 12.1 Å². The van der Waals surface area contributed by atoms with Crippen LogP contribution in [0, 0.1) is 6.92 Å². The molecule has 1 aliphatic rings. The van der Waals surface area contributed by atoms with Gasteiger partial charge in [0.25, 0.3) is 0 Å². The van der Waals surface area contributed by atoms with E-state index >= 15 is 0 Å². The molecule has 0 radical (unpaired) electrons. The zero-order valence-corrected chi connectivity index (χ0v) is 14.0. The summed E-state index contributed by atoms with van der Waals surface area (Å²) in [6.07, 6.45) is 0. The van der Waals surface area contributed by atoms with Gasteiger partial charge in [0.15, 0.2) is 0 Å². The molecule has 1 aromatic carbocycles. The van der Waals surface area contributed by atoms with Crippen LogP contribution >= 0.6 is 0 Å². The van der Waals surface area contributed by atoms with E-state index in [9.17, 15) is 8.42 Å². The fourth-order valence-electron chi connectivity index (χ4n) is 1.54. The number of hydrogen-bond acceptors (Lipinski definition) is 2. The molecule has 17 heavy (non-hydrogen) atoms. The summed E-state index contributed by atoms with van der Waals surface area (Å²) >= 11 is 1.31. The number of aryl methyl sites for hydroxylation is 1. The maximum atomic E-state index is 12.1. The van der Waals surface area contributed by atoms with E-state index in [2.05, 4.69) is 11.6 Å². The Morgan fingerprint density at radius 1 is 1.29 bits per heavy atom. The van der Waals surface area contributed by atoms with Crippen LogP contribution in [0.2, 0.25) is 10.1 Å². The first-order valence-corrected chi connectivity index (χ1v) is 13.4. The van der Waals surface area contributed by atoms with Crippen molar-refractivity contribution in [2.45, 2.75) is 34.9 Å². The van der Waals surface area contributed by atoms with Crippen molar-refractivity contribution in [3.63, 3.8) is 0 Å². The van der Waals surface area contributed by atoms with Gasteiger partial charge in [0.2, 0.25) is 0 Å². The van der Waals surface area contributed by atoms with Crippen LogP contribution in [0.1, 0.15) is 12.5 Å². The van der Waals surface area contributed by atoms with Crippen molar-refractivity contribution in [3.05, 3.63) is 29.8 Å². The first-order valence-electron chi connectivity index (χ1n) is 5.36. The molecule has 94 valence electrons. The quantitative estimate of drug-likeness (QED) is 0.798.